The van der Waals surface area contributed by atoms with Gasteiger partial charge in [-0.25, -0.2) is 18.7 Å². The Bertz CT molecular complexity index is 1460. The molecule has 1 saturated heterocycles. The van der Waals surface area contributed by atoms with E-state index in [4.69, 9.17) is 10.5 Å². The zero-order chi connectivity index (χ0) is 27.4. The van der Waals surface area contributed by atoms with Gasteiger partial charge in [0.2, 0.25) is 5.91 Å². The van der Waals surface area contributed by atoms with Crippen LogP contribution in [0.4, 0.5) is 26.0 Å². The van der Waals surface area contributed by atoms with Gasteiger partial charge in [0.1, 0.15) is 24.4 Å². The van der Waals surface area contributed by atoms with Crippen molar-refractivity contribution in [2.45, 2.75) is 31.8 Å². The molecular formula is C27H29F2N7O3. The lowest BCUT2D eigenvalue weighted by Gasteiger charge is -2.24. The summed E-state index contributed by atoms with van der Waals surface area (Å²) >= 11 is 0. The van der Waals surface area contributed by atoms with Crippen molar-refractivity contribution in [1.29, 1.82) is 0 Å². The van der Waals surface area contributed by atoms with Gasteiger partial charge in [0, 0.05) is 30.2 Å². The molecule has 0 bridgehead atoms. The van der Waals surface area contributed by atoms with Crippen LogP contribution in [-0.4, -0.2) is 68.0 Å². The largest absolute Gasteiger partial charge is 0.493 e. The van der Waals surface area contributed by atoms with Gasteiger partial charge in [-0.1, -0.05) is 6.07 Å². The fraction of sp³-hybridized carbons (Fsp3) is 0.333. The Hall–Kier alpha value is -4.16. The molecule has 4 aromatic rings. The molecule has 5 rings (SSSR count). The normalized spacial score (nSPS) is 15.6. The Morgan fingerprint density at radius 3 is 2.92 bits per heavy atom. The summed E-state index contributed by atoms with van der Waals surface area (Å²) in [4.78, 5) is 23.8. The van der Waals surface area contributed by atoms with Crippen molar-refractivity contribution in [3.8, 4) is 5.75 Å². The molecule has 3 heterocycles. The molecule has 1 aliphatic rings. The number of rotatable bonds is 11. The van der Waals surface area contributed by atoms with Crippen molar-refractivity contribution in [3.63, 3.8) is 0 Å². The van der Waals surface area contributed by atoms with Crippen molar-refractivity contribution in [1.82, 2.24) is 24.6 Å². The van der Waals surface area contributed by atoms with Crippen LogP contribution in [0.15, 0.2) is 55.1 Å². The van der Waals surface area contributed by atoms with E-state index in [2.05, 4.69) is 20.0 Å². The number of hydrogen-bond donors (Lipinski definition) is 2. The third-order valence-corrected chi connectivity index (χ3v) is 6.73. The second-order valence-corrected chi connectivity index (χ2v) is 9.36. The van der Waals surface area contributed by atoms with Crippen LogP contribution in [-0.2, 0) is 11.3 Å². The minimum atomic E-state index is -1.06. The molecular weight excluding hydrogens is 508 g/mol. The first kappa shape index (κ1) is 26.4. The van der Waals surface area contributed by atoms with Crippen LogP contribution in [0, 0.1) is 11.6 Å². The van der Waals surface area contributed by atoms with Crippen LogP contribution in [0.3, 0.4) is 0 Å². The van der Waals surface area contributed by atoms with E-state index in [-0.39, 0.29) is 24.9 Å². The number of anilines is 3. The molecule has 204 valence electrons. The van der Waals surface area contributed by atoms with Gasteiger partial charge in [0.05, 0.1) is 36.3 Å². The predicted octanol–water partition coefficient (Wildman–Crippen LogP) is 3.29. The number of primary amides is 1. The van der Waals surface area contributed by atoms with E-state index in [9.17, 15) is 14.3 Å². The van der Waals surface area contributed by atoms with Gasteiger partial charge >= 0.3 is 0 Å². The molecule has 10 nitrogen and oxygen atoms in total. The predicted molar refractivity (Wildman–Crippen MR) is 141 cm³/mol. The first-order chi connectivity index (χ1) is 18.9. The Morgan fingerprint density at radius 2 is 2.10 bits per heavy atom. The zero-order valence-electron chi connectivity index (χ0n) is 21.2. The van der Waals surface area contributed by atoms with E-state index in [1.165, 1.54) is 40.4 Å². The third-order valence-electron chi connectivity index (χ3n) is 6.73. The van der Waals surface area contributed by atoms with Gasteiger partial charge in [-0.2, -0.15) is 5.10 Å². The molecule has 2 aromatic heterocycles. The Kier molecular flexibility index (Phi) is 7.94. The second kappa shape index (κ2) is 11.7. The Morgan fingerprint density at radius 1 is 1.23 bits per heavy atom. The first-order valence-corrected chi connectivity index (χ1v) is 12.7. The van der Waals surface area contributed by atoms with Crippen LogP contribution in [0.25, 0.3) is 10.9 Å². The highest BCUT2D eigenvalue weighted by atomic mass is 19.2. The molecule has 3 N–H and O–H groups in total. The standard InChI is InChI=1S/C27H29F2N7O3/c28-22-5-1-6-24(26(22)29)36(19-13-33-35(14-19)15-25(30)38)27-21-8-7-20(12-23(21)31-17-32-27)39-11-3-10-34-9-2-4-18(34)16-37/h1,5-8,12-14,17-18,37H,2-4,9-11,15-16H2,(H2,30,38)/t18-/m0/s1. The molecule has 1 atom stereocenters. The minimum Gasteiger partial charge on any atom is -0.493 e. The number of fused-ring (bicyclic) bond motifs is 1. The monoisotopic (exact) mass is 537 g/mol. The number of carbonyl (C=O) groups is 1. The van der Waals surface area contributed by atoms with Gasteiger partial charge in [0.15, 0.2) is 11.6 Å². The highest BCUT2D eigenvalue weighted by Crippen LogP contribution is 2.39. The lowest BCUT2D eigenvalue weighted by atomic mass is 10.2. The average Bonchev–Trinajstić information content (AvgIpc) is 3.58. The summed E-state index contributed by atoms with van der Waals surface area (Å²) in [5, 5.41) is 14.2. The fourth-order valence-corrected chi connectivity index (χ4v) is 4.90. The Labute approximate surface area is 223 Å². The number of halogens is 2. The number of hydrogen-bond acceptors (Lipinski definition) is 8. The number of nitrogens with two attached hydrogens (primary N) is 1. The molecule has 0 unspecified atom stereocenters. The maximum Gasteiger partial charge on any atom is 0.239 e. The van der Waals surface area contributed by atoms with Gasteiger partial charge in [-0.15, -0.1) is 0 Å². The van der Waals surface area contributed by atoms with E-state index in [0.29, 0.717) is 34.8 Å². The number of likely N-dealkylation sites (tertiary alicyclic amines) is 1. The fourth-order valence-electron chi connectivity index (χ4n) is 4.90. The van der Waals surface area contributed by atoms with Crippen LogP contribution in [0.1, 0.15) is 19.3 Å². The smallest absolute Gasteiger partial charge is 0.239 e. The molecule has 1 fully saturated rings. The number of amides is 1. The highest BCUT2D eigenvalue weighted by Gasteiger charge is 2.24. The van der Waals surface area contributed by atoms with Crippen LogP contribution in [0.5, 0.6) is 5.75 Å². The number of aromatic nitrogens is 4. The number of aliphatic hydroxyl groups is 1. The summed E-state index contributed by atoms with van der Waals surface area (Å²) in [5.74, 6) is -1.77. The van der Waals surface area contributed by atoms with E-state index in [1.807, 2.05) is 0 Å². The molecule has 0 saturated carbocycles. The summed E-state index contributed by atoms with van der Waals surface area (Å²) in [6.45, 7) is 2.34. The summed E-state index contributed by atoms with van der Waals surface area (Å²) in [7, 11) is 0. The van der Waals surface area contributed by atoms with Gasteiger partial charge in [-0.05, 0) is 50.1 Å². The van der Waals surface area contributed by atoms with Crippen LogP contribution < -0.4 is 15.4 Å². The summed E-state index contributed by atoms with van der Waals surface area (Å²) in [6, 6.07) is 9.39. The van der Waals surface area contributed by atoms with Crippen LogP contribution in [0.2, 0.25) is 0 Å². The number of benzene rings is 2. The molecule has 0 radical (unpaired) electrons. The van der Waals surface area contributed by atoms with Crippen molar-refractivity contribution in [2.24, 2.45) is 5.73 Å². The van der Waals surface area contributed by atoms with E-state index >= 15 is 4.39 Å². The third kappa shape index (κ3) is 5.81. The highest BCUT2D eigenvalue weighted by molar-refractivity contribution is 5.95. The molecule has 39 heavy (non-hydrogen) atoms. The maximum absolute atomic E-state index is 15.0. The number of carbonyl (C=O) groups excluding carboxylic acids is 1. The molecule has 1 aliphatic heterocycles. The molecule has 0 spiro atoms. The van der Waals surface area contributed by atoms with Gasteiger partial charge in [0.25, 0.3) is 0 Å². The van der Waals surface area contributed by atoms with Gasteiger partial charge < -0.3 is 15.6 Å². The van der Waals surface area contributed by atoms with Crippen molar-refractivity contribution in [3.05, 3.63) is 66.8 Å². The van der Waals surface area contributed by atoms with E-state index in [1.54, 1.807) is 18.2 Å². The van der Waals surface area contributed by atoms with Crippen molar-refractivity contribution in [2.75, 3.05) is 31.2 Å². The minimum absolute atomic E-state index is 0.0861. The Balaban J connectivity index is 1.42. The molecule has 12 heteroatoms. The number of ether oxygens (including phenoxy) is 1. The van der Waals surface area contributed by atoms with E-state index < -0.39 is 17.5 Å². The van der Waals surface area contributed by atoms with Crippen molar-refractivity contribution >= 4 is 34.0 Å². The van der Waals surface area contributed by atoms with Crippen molar-refractivity contribution < 1.29 is 23.4 Å². The van der Waals surface area contributed by atoms with Gasteiger partial charge in [-0.3, -0.25) is 19.3 Å². The molecule has 2 aromatic carbocycles. The average molecular weight is 538 g/mol. The van der Waals surface area contributed by atoms with Crippen LogP contribution >= 0.6 is 0 Å². The lowest BCUT2D eigenvalue weighted by molar-refractivity contribution is -0.118. The molecule has 0 aliphatic carbocycles. The number of aliphatic hydroxyl groups excluding tert-OH is 1. The molecule has 1 amide bonds. The summed E-state index contributed by atoms with van der Waals surface area (Å²) < 4.78 is 36.6. The summed E-state index contributed by atoms with van der Waals surface area (Å²) in [6.07, 6.45) is 7.18. The first-order valence-electron chi connectivity index (χ1n) is 12.7. The maximum atomic E-state index is 15.0. The quantitative estimate of drug-likeness (QED) is 0.280. The number of nitrogens with zero attached hydrogens (tertiary/aromatic N) is 6. The second-order valence-electron chi connectivity index (χ2n) is 9.36. The lowest BCUT2D eigenvalue weighted by Crippen LogP contribution is -2.33. The zero-order valence-corrected chi connectivity index (χ0v) is 21.2. The SMILES string of the molecule is NC(=O)Cn1cc(N(c2cccc(F)c2F)c2ncnc3cc(OCCCN4CCC[C@H]4CO)ccc23)cn1. The summed E-state index contributed by atoms with van der Waals surface area (Å²) in [5.41, 5.74) is 6.09. The topological polar surface area (TPSA) is 123 Å². The van der Waals surface area contributed by atoms with E-state index in [0.717, 1.165) is 38.4 Å².